The lowest BCUT2D eigenvalue weighted by atomic mass is 10.2. The average molecular weight is 308 g/mol. The zero-order valence-corrected chi connectivity index (χ0v) is 10.4. The van der Waals surface area contributed by atoms with Crippen molar-refractivity contribution >= 4 is 20.9 Å². The Kier molecular flexibility index (Phi) is 3.52. The number of hydrogen-bond donors (Lipinski definition) is 1. The summed E-state index contributed by atoms with van der Waals surface area (Å²) in [5.74, 6) is -0.781. The number of aromatic nitrogens is 2. The van der Waals surface area contributed by atoms with E-state index in [4.69, 9.17) is 5.11 Å². The lowest BCUT2D eigenvalue weighted by Crippen LogP contribution is -2.28. The molecule has 0 unspecified atom stereocenters. The van der Waals surface area contributed by atoms with Crippen LogP contribution in [0.15, 0.2) is 24.5 Å². The van der Waals surface area contributed by atoms with Crippen molar-refractivity contribution in [2.45, 2.75) is 12.1 Å². The van der Waals surface area contributed by atoms with Crippen LogP contribution >= 0.6 is 0 Å². The molecule has 0 radical (unpaired) electrons. The Morgan fingerprint density at radius 3 is 2.65 bits per heavy atom. The number of nitrogens with zero attached hydrogens (tertiary/aromatic N) is 2. The monoisotopic (exact) mass is 308 g/mol. The summed E-state index contributed by atoms with van der Waals surface area (Å²) < 4.78 is 62.9. The molecule has 0 bridgehead atoms. The fourth-order valence-corrected chi connectivity index (χ4v) is 1.84. The van der Waals surface area contributed by atoms with Crippen LogP contribution in [0.5, 0.6) is 5.88 Å². The van der Waals surface area contributed by atoms with Crippen LogP contribution in [0.25, 0.3) is 10.8 Å². The summed E-state index contributed by atoms with van der Waals surface area (Å²) in [5, 5.41) is 9.30. The number of aliphatic hydroxyl groups is 1. The number of halogens is 3. The van der Waals surface area contributed by atoms with Gasteiger partial charge in [-0.1, -0.05) is 0 Å². The number of rotatable bonds is 3. The van der Waals surface area contributed by atoms with Crippen molar-refractivity contribution in [3.63, 3.8) is 0 Å². The highest BCUT2D eigenvalue weighted by molar-refractivity contribution is 7.88. The van der Waals surface area contributed by atoms with E-state index in [9.17, 15) is 21.6 Å². The summed E-state index contributed by atoms with van der Waals surface area (Å²) >= 11 is 0. The van der Waals surface area contributed by atoms with Crippen LogP contribution in [0.1, 0.15) is 5.69 Å². The number of pyridine rings is 2. The Labute approximate surface area is 111 Å². The molecule has 0 fully saturated rings. The molecule has 0 aliphatic rings. The van der Waals surface area contributed by atoms with E-state index < -0.39 is 28.1 Å². The highest BCUT2D eigenvalue weighted by atomic mass is 32.2. The van der Waals surface area contributed by atoms with Gasteiger partial charge in [0.15, 0.2) is 0 Å². The van der Waals surface area contributed by atoms with Crippen molar-refractivity contribution in [3.8, 4) is 5.88 Å². The van der Waals surface area contributed by atoms with E-state index in [0.717, 1.165) is 6.20 Å². The average Bonchev–Trinajstić information content (AvgIpc) is 2.36. The third kappa shape index (κ3) is 2.65. The summed E-state index contributed by atoms with van der Waals surface area (Å²) in [6.45, 7) is -0.583. The predicted octanol–water partition coefficient (Wildman–Crippen LogP) is 1.35. The summed E-state index contributed by atoms with van der Waals surface area (Å²) in [7, 11) is -5.84. The molecule has 0 aliphatic heterocycles. The second-order valence-corrected chi connectivity index (χ2v) is 5.19. The first-order chi connectivity index (χ1) is 9.24. The maximum Gasteiger partial charge on any atom is 0.534 e. The summed E-state index contributed by atoms with van der Waals surface area (Å²) in [4.78, 5) is 7.19. The quantitative estimate of drug-likeness (QED) is 0.680. The van der Waals surface area contributed by atoms with E-state index >= 15 is 0 Å². The Hall–Kier alpha value is -1.94. The zero-order chi connectivity index (χ0) is 15.0. The standard InChI is InChI=1S/C10H7F3N2O4S/c11-10(12,13)20(17,18)19-9-8-4-14-2-1-6(8)3-7(5-16)15-9/h1-4,16H,5H2. The minimum atomic E-state index is -5.84. The van der Waals surface area contributed by atoms with Gasteiger partial charge in [0, 0.05) is 12.4 Å². The number of hydrogen-bond acceptors (Lipinski definition) is 6. The lowest BCUT2D eigenvalue weighted by molar-refractivity contribution is -0.0500. The van der Waals surface area contributed by atoms with E-state index in [2.05, 4.69) is 14.2 Å². The third-order valence-corrected chi connectivity index (χ3v) is 3.23. The molecule has 0 spiro atoms. The van der Waals surface area contributed by atoms with E-state index in [1.807, 2.05) is 0 Å². The Morgan fingerprint density at radius 2 is 2.05 bits per heavy atom. The molecule has 2 heterocycles. The SMILES string of the molecule is O=S(=O)(Oc1nc(CO)cc2ccncc12)C(F)(F)F. The number of fused-ring (bicyclic) bond motifs is 1. The third-order valence-electron chi connectivity index (χ3n) is 2.29. The normalized spacial score (nSPS) is 12.6. The number of aliphatic hydroxyl groups excluding tert-OH is 1. The van der Waals surface area contributed by atoms with Crippen LogP contribution in [-0.4, -0.2) is 29.0 Å². The van der Waals surface area contributed by atoms with Gasteiger partial charge >= 0.3 is 15.6 Å². The van der Waals surface area contributed by atoms with Gasteiger partial charge in [-0.15, -0.1) is 0 Å². The van der Waals surface area contributed by atoms with Crippen molar-refractivity contribution in [1.29, 1.82) is 0 Å². The predicted molar refractivity (Wildman–Crippen MR) is 61.1 cm³/mol. The van der Waals surface area contributed by atoms with Crippen molar-refractivity contribution < 1.29 is 30.9 Å². The first-order valence-electron chi connectivity index (χ1n) is 5.10. The molecule has 6 nitrogen and oxygen atoms in total. The largest absolute Gasteiger partial charge is 0.534 e. The van der Waals surface area contributed by atoms with Gasteiger partial charge in [-0.3, -0.25) is 4.98 Å². The highest BCUT2D eigenvalue weighted by Gasteiger charge is 2.49. The summed E-state index contributed by atoms with van der Waals surface area (Å²) in [5.41, 5.74) is -5.60. The van der Waals surface area contributed by atoms with Gasteiger partial charge in [-0.2, -0.15) is 21.6 Å². The maximum atomic E-state index is 12.3. The van der Waals surface area contributed by atoms with Crippen LogP contribution < -0.4 is 4.18 Å². The minimum absolute atomic E-state index is 0.0162. The number of alkyl halides is 3. The smallest absolute Gasteiger partial charge is 0.390 e. The van der Waals surface area contributed by atoms with Crippen molar-refractivity contribution in [2.24, 2.45) is 0 Å². The lowest BCUT2D eigenvalue weighted by Gasteiger charge is -2.11. The zero-order valence-electron chi connectivity index (χ0n) is 9.63. The molecule has 0 aromatic carbocycles. The first-order valence-corrected chi connectivity index (χ1v) is 6.50. The second kappa shape index (κ2) is 4.87. The first kappa shape index (κ1) is 14.5. The molecule has 108 valence electrons. The second-order valence-electron chi connectivity index (χ2n) is 3.66. The molecule has 1 N–H and O–H groups in total. The van der Waals surface area contributed by atoms with Crippen molar-refractivity contribution in [1.82, 2.24) is 9.97 Å². The summed E-state index contributed by atoms with van der Waals surface area (Å²) in [6.07, 6.45) is 2.47. The van der Waals surface area contributed by atoms with E-state index in [-0.39, 0.29) is 11.1 Å². The van der Waals surface area contributed by atoms with Gasteiger partial charge in [-0.05, 0) is 17.5 Å². The molecule has 0 amide bonds. The Bertz CT molecular complexity index is 746. The minimum Gasteiger partial charge on any atom is -0.390 e. The van der Waals surface area contributed by atoms with E-state index in [1.165, 1.54) is 18.3 Å². The summed E-state index contributed by atoms with van der Waals surface area (Å²) in [6, 6.07) is 2.80. The van der Waals surface area contributed by atoms with Gasteiger partial charge in [0.2, 0.25) is 5.88 Å². The highest BCUT2D eigenvalue weighted by Crippen LogP contribution is 2.30. The topological polar surface area (TPSA) is 89.4 Å². The molecule has 2 rings (SSSR count). The molecule has 0 saturated heterocycles. The molecule has 20 heavy (non-hydrogen) atoms. The molecule has 10 heteroatoms. The van der Waals surface area contributed by atoms with Crippen LogP contribution in [0.3, 0.4) is 0 Å². The molecule has 0 atom stereocenters. The molecule has 0 saturated carbocycles. The molecule has 2 aromatic heterocycles. The van der Waals surface area contributed by atoms with Gasteiger partial charge < -0.3 is 9.29 Å². The van der Waals surface area contributed by atoms with Crippen LogP contribution in [0.2, 0.25) is 0 Å². The van der Waals surface area contributed by atoms with Crippen molar-refractivity contribution in [2.75, 3.05) is 0 Å². The van der Waals surface area contributed by atoms with Crippen LogP contribution in [-0.2, 0) is 16.7 Å². The molecular formula is C10H7F3N2O4S. The van der Waals surface area contributed by atoms with Gasteiger partial charge in [0.05, 0.1) is 17.7 Å². The molecule has 2 aromatic rings. The maximum absolute atomic E-state index is 12.3. The molecular weight excluding hydrogens is 301 g/mol. The van der Waals surface area contributed by atoms with Gasteiger partial charge in [0.25, 0.3) is 0 Å². The van der Waals surface area contributed by atoms with E-state index in [0.29, 0.717) is 5.39 Å². The Morgan fingerprint density at radius 1 is 1.35 bits per heavy atom. The fourth-order valence-electron chi connectivity index (χ4n) is 1.41. The Balaban J connectivity index is 2.59. The van der Waals surface area contributed by atoms with E-state index in [1.54, 1.807) is 0 Å². The fraction of sp³-hybridized carbons (Fsp3) is 0.200. The van der Waals surface area contributed by atoms with Gasteiger partial charge in [-0.25, -0.2) is 4.98 Å². The van der Waals surface area contributed by atoms with Crippen LogP contribution in [0, 0.1) is 0 Å². The van der Waals surface area contributed by atoms with Crippen LogP contribution in [0.4, 0.5) is 13.2 Å². The van der Waals surface area contributed by atoms with Crippen molar-refractivity contribution in [3.05, 3.63) is 30.2 Å². The molecule has 0 aliphatic carbocycles. The van der Waals surface area contributed by atoms with Gasteiger partial charge in [0.1, 0.15) is 0 Å².